The standard InChI is InChI=1S/C27H39Cl2N5O4S/c1-20-22(28)11-12-23(27(20)29)39(37,38)25(17-21-9-5-4-6-10-21)32-18-24(35)31-19-26(36)34(14-8-7-13-30)16-15-33(2)3/h4-6,9-12,25,32H,7-8,13-19,30H2,1-3H3,(H,31,35). The molecule has 0 aliphatic carbocycles. The molecule has 2 aromatic rings. The van der Waals surface area contributed by atoms with Crippen molar-refractivity contribution in [2.75, 3.05) is 53.4 Å². The lowest BCUT2D eigenvalue weighted by atomic mass is 10.1. The van der Waals surface area contributed by atoms with Crippen molar-refractivity contribution in [3.05, 3.63) is 63.6 Å². The number of benzene rings is 2. The maximum absolute atomic E-state index is 13.6. The summed E-state index contributed by atoms with van der Waals surface area (Å²) in [5, 5.41) is 4.74. The third-order valence-electron chi connectivity index (χ3n) is 6.21. The highest BCUT2D eigenvalue weighted by molar-refractivity contribution is 7.92. The monoisotopic (exact) mass is 599 g/mol. The van der Waals surface area contributed by atoms with E-state index in [9.17, 15) is 18.0 Å². The summed E-state index contributed by atoms with van der Waals surface area (Å²) in [7, 11) is -0.160. The van der Waals surface area contributed by atoms with Crippen molar-refractivity contribution in [3.63, 3.8) is 0 Å². The topological polar surface area (TPSA) is 125 Å². The molecule has 0 aliphatic heterocycles. The van der Waals surface area contributed by atoms with Crippen LogP contribution >= 0.6 is 23.2 Å². The predicted molar refractivity (Wildman–Crippen MR) is 157 cm³/mol. The van der Waals surface area contributed by atoms with Gasteiger partial charge >= 0.3 is 0 Å². The van der Waals surface area contributed by atoms with E-state index in [2.05, 4.69) is 10.6 Å². The van der Waals surface area contributed by atoms with E-state index in [4.69, 9.17) is 28.9 Å². The quantitative estimate of drug-likeness (QED) is 0.253. The Kier molecular flexibility index (Phi) is 13.7. The van der Waals surface area contributed by atoms with Crippen molar-refractivity contribution < 1.29 is 18.0 Å². The third kappa shape index (κ3) is 10.4. The summed E-state index contributed by atoms with van der Waals surface area (Å²) in [6.07, 6.45) is 1.68. The van der Waals surface area contributed by atoms with Crippen molar-refractivity contribution in [3.8, 4) is 0 Å². The van der Waals surface area contributed by atoms with Crippen LogP contribution in [0.4, 0.5) is 0 Å². The highest BCUT2D eigenvalue weighted by Gasteiger charge is 2.31. The van der Waals surface area contributed by atoms with Gasteiger partial charge in [-0.2, -0.15) is 0 Å². The minimum atomic E-state index is -4.01. The SMILES string of the molecule is Cc1c(Cl)ccc(S(=O)(=O)C(Cc2ccccc2)NCC(=O)NCC(=O)N(CCCCN)CCN(C)C)c1Cl. The van der Waals surface area contributed by atoms with Gasteiger partial charge in [-0.1, -0.05) is 53.5 Å². The lowest BCUT2D eigenvalue weighted by molar-refractivity contribution is -0.132. The maximum atomic E-state index is 13.6. The second-order valence-electron chi connectivity index (χ2n) is 9.55. The fraction of sp³-hybridized carbons (Fsp3) is 0.481. The van der Waals surface area contributed by atoms with Crippen LogP contribution in [-0.4, -0.2) is 88.8 Å². The van der Waals surface area contributed by atoms with Gasteiger partial charge < -0.3 is 20.9 Å². The first-order chi connectivity index (χ1) is 18.5. The summed E-state index contributed by atoms with van der Waals surface area (Å²) in [5.74, 6) is -0.705. The maximum Gasteiger partial charge on any atom is 0.242 e. The van der Waals surface area contributed by atoms with Gasteiger partial charge in [-0.05, 0) is 63.7 Å². The first-order valence-electron chi connectivity index (χ1n) is 12.8. The van der Waals surface area contributed by atoms with E-state index < -0.39 is 21.1 Å². The molecule has 0 aromatic heterocycles. The van der Waals surface area contributed by atoms with Crippen LogP contribution in [0.15, 0.2) is 47.4 Å². The molecule has 0 saturated heterocycles. The van der Waals surface area contributed by atoms with Crippen molar-refractivity contribution in [2.24, 2.45) is 5.73 Å². The average molecular weight is 601 g/mol. The average Bonchev–Trinajstić information content (AvgIpc) is 2.90. The molecule has 12 heteroatoms. The van der Waals surface area contributed by atoms with E-state index in [1.54, 1.807) is 11.8 Å². The highest BCUT2D eigenvalue weighted by Crippen LogP contribution is 2.32. The Morgan fingerprint density at radius 2 is 1.67 bits per heavy atom. The first kappa shape index (κ1) is 33.0. The van der Waals surface area contributed by atoms with Crippen LogP contribution in [0.5, 0.6) is 0 Å². The number of rotatable bonds is 16. The van der Waals surface area contributed by atoms with Crippen LogP contribution in [-0.2, 0) is 25.8 Å². The van der Waals surface area contributed by atoms with Gasteiger partial charge in [-0.15, -0.1) is 0 Å². The van der Waals surface area contributed by atoms with Crippen LogP contribution in [0.3, 0.4) is 0 Å². The molecule has 0 radical (unpaired) electrons. The van der Waals surface area contributed by atoms with E-state index in [0.717, 1.165) is 18.4 Å². The summed E-state index contributed by atoms with van der Waals surface area (Å²) in [4.78, 5) is 29.1. The summed E-state index contributed by atoms with van der Waals surface area (Å²) >= 11 is 12.5. The fourth-order valence-corrected chi connectivity index (χ4v) is 6.19. The van der Waals surface area contributed by atoms with E-state index in [0.29, 0.717) is 36.8 Å². The molecular formula is C27H39Cl2N5O4S. The van der Waals surface area contributed by atoms with Gasteiger partial charge in [-0.25, -0.2) is 8.42 Å². The Labute approximate surface area is 241 Å². The Morgan fingerprint density at radius 1 is 0.974 bits per heavy atom. The van der Waals surface area contributed by atoms with E-state index in [1.807, 2.05) is 49.3 Å². The predicted octanol–water partition coefficient (Wildman–Crippen LogP) is 2.48. The number of likely N-dealkylation sites (N-methyl/N-ethyl adjacent to an activating group) is 1. The highest BCUT2D eigenvalue weighted by atomic mass is 35.5. The Balaban J connectivity index is 2.11. The third-order valence-corrected chi connectivity index (χ3v) is 9.25. The van der Waals surface area contributed by atoms with Gasteiger partial charge in [0.1, 0.15) is 5.37 Å². The molecule has 1 atom stereocenters. The van der Waals surface area contributed by atoms with Gasteiger partial charge in [0.15, 0.2) is 9.84 Å². The number of nitrogens with two attached hydrogens (primary N) is 1. The van der Waals surface area contributed by atoms with Gasteiger partial charge in [-0.3, -0.25) is 14.9 Å². The molecule has 9 nitrogen and oxygen atoms in total. The summed E-state index contributed by atoms with van der Waals surface area (Å²) in [6.45, 7) is 3.47. The molecule has 1 unspecified atom stereocenters. The molecule has 2 amide bonds. The number of nitrogens with one attached hydrogen (secondary N) is 2. The van der Waals surface area contributed by atoms with Gasteiger partial charge in [0.2, 0.25) is 11.8 Å². The zero-order chi connectivity index (χ0) is 29.0. The fourth-order valence-electron chi connectivity index (χ4n) is 3.81. The van der Waals surface area contributed by atoms with Crippen molar-refractivity contribution in [1.82, 2.24) is 20.4 Å². The molecule has 4 N–H and O–H groups in total. The Morgan fingerprint density at radius 3 is 2.31 bits per heavy atom. The van der Waals surface area contributed by atoms with Crippen LogP contribution < -0.4 is 16.4 Å². The van der Waals surface area contributed by atoms with Gasteiger partial charge in [0.05, 0.1) is 23.0 Å². The van der Waals surface area contributed by atoms with Crippen molar-refractivity contribution >= 4 is 44.9 Å². The first-order valence-corrected chi connectivity index (χ1v) is 15.1. The molecule has 0 heterocycles. The number of amides is 2. The second-order valence-corrected chi connectivity index (χ2v) is 12.4. The number of halogens is 2. The normalized spacial score (nSPS) is 12.4. The van der Waals surface area contributed by atoms with Crippen LogP contribution in [0, 0.1) is 6.92 Å². The smallest absolute Gasteiger partial charge is 0.242 e. The molecule has 2 aromatic carbocycles. The number of hydrogen-bond acceptors (Lipinski definition) is 7. The molecule has 2 rings (SSSR count). The summed E-state index contributed by atoms with van der Waals surface area (Å²) in [5.41, 5.74) is 6.80. The van der Waals surface area contributed by atoms with Crippen LogP contribution in [0.25, 0.3) is 0 Å². The molecule has 216 valence electrons. The van der Waals surface area contributed by atoms with Crippen LogP contribution in [0.2, 0.25) is 10.0 Å². The molecule has 0 aliphatic rings. The second kappa shape index (κ2) is 16.2. The van der Waals surface area contributed by atoms with E-state index in [1.165, 1.54) is 12.1 Å². The number of carbonyl (C=O) groups excluding carboxylic acids is 2. The number of unbranched alkanes of at least 4 members (excludes halogenated alkanes) is 1. The number of carbonyl (C=O) groups is 2. The lowest BCUT2D eigenvalue weighted by Gasteiger charge is -2.25. The van der Waals surface area contributed by atoms with E-state index in [-0.39, 0.29) is 35.3 Å². The summed E-state index contributed by atoms with van der Waals surface area (Å²) < 4.78 is 27.3. The molecule has 0 saturated carbocycles. The zero-order valence-electron chi connectivity index (χ0n) is 22.8. The molecular weight excluding hydrogens is 561 g/mol. The number of hydrogen-bond donors (Lipinski definition) is 3. The number of nitrogens with zero attached hydrogens (tertiary/aromatic N) is 2. The van der Waals surface area contributed by atoms with E-state index >= 15 is 0 Å². The number of sulfone groups is 1. The molecule has 0 spiro atoms. The zero-order valence-corrected chi connectivity index (χ0v) is 25.1. The Hall–Kier alpha value is -2.21. The largest absolute Gasteiger partial charge is 0.346 e. The molecule has 0 bridgehead atoms. The van der Waals surface area contributed by atoms with Gasteiger partial charge in [0, 0.05) is 31.1 Å². The van der Waals surface area contributed by atoms with Gasteiger partial charge in [0.25, 0.3) is 0 Å². The minimum Gasteiger partial charge on any atom is -0.346 e. The Bertz CT molecular complexity index is 1200. The van der Waals surface area contributed by atoms with Crippen LogP contribution in [0.1, 0.15) is 24.0 Å². The minimum absolute atomic E-state index is 0.0462. The lowest BCUT2D eigenvalue weighted by Crippen LogP contribution is -2.47. The van der Waals surface area contributed by atoms with Crippen molar-refractivity contribution in [2.45, 2.75) is 36.5 Å². The molecule has 39 heavy (non-hydrogen) atoms. The van der Waals surface area contributed by atoms with Crippen molar-refractivity contribution in [1.29, 1.82) is 0 Å². The summed E-state index contributed by atoms with van der Waals surface area (Å²) in [6, 6.07) is 11.9. The molecule has 0 fully saturated rings.